The van der Waals surface area contributed by atoms with Crippen molar-refractivity contribution >= 4 is 54.3 Å². The summed E-state index contributed by atoms with van der Waals surface area (Å²) in [5, 5.41) is 55.2. The first-order valence-electron chi connectivity index (χ1n) is 47.2. The third kappa shape index (κ3) is 38.5. The molecular weight excluding hydrogens is 1880 g/mol. The zero-order chi connectivity index (χ0) is 106. The van der Waals surface area contributed by atoms with Crippen LogP contribution in [0.5, 0.6) is 17.2 Å². The molecule has 0 radical (unpaired) electrons. The Balaban J connectivity index is 0.000000228. The number of nitrogens with one attached hydrogen (secondary N) is 10. The average molecular weight is 2020 g/mol. The van der Waals surface area contributed by atoms with E-state index in [2.05, 4.69) is 88.6 Å². The van der Waals surface area contributed by atoms with Gasteiger partial charge in [0.05, 0.1) is 116 Å². The summed E-state index contributed by atoms with van der Waals surface area (Å²) in [7, 11) is 8.48. The number of aliphatic hydroxyl groups excluding tert-OH is 2. The first-order chi connectivity index (χ1) is 68.7. The molecule has 12 N–H and O–H groups in total. The van der Waals surface area contributed by atoms with E-state index in [0.29, 0.717) is 37.7 Å². The van der Waals surface area contributed by atoms with Crippen LogP contribution in [0, 0.1) is 22.2 Å². The van der Waals surface area contributed by atoms with E-state index < -0.39 is 131 Å². The number of carbonyl (C=O) groups excluding carboxylic acids is 9. The zero-order valence-corrected chi connectivity index (χ0v) is 86.1. The molecule has 3 saturated heterocycles. The van der Waals surface area contributed by atoms with Gasteiger partial charge in [0.2, 0.25) is 0 Å². The summed E-state index contributed by atoms with van der Waals surface area (Å²) >= 11 is 0. The number of amides is 9. The maximum Gasteiger partial charge on any atom is 0.407 e. The summed E-state index contributed by atoms with van der Waals surface area (Å²) in [6.45, 7) is 29.2. The highest BCUT2D eigenvalue weighted by Gasteiger charge is 2.45. The Bertz CT molecular complexity index is 5500. The monoisotopic (exact) mass is 2020 g/mol. The highest BCUT2D eigenvalue weighted by molar-refractivity contribution is 5.87. The fraction of sp³-hybridized carbons (Fsp3) is 0.495. The van der Waals surface area contributed by atoms with Crippen LogP contribution in [0.2, 0.25) is 0 Å². The summed E-state index contributed by atoms with van der Waals surface area (Å²) in [4.78, 5) is 126. The van der Waals surface area contributed by atoms with E-state index in [1.54, 1.807) is 109 Å². The quantitative estimate of drug-likeness (QED) is 0.00973. The number of hydrogen-bond donors (Lipinski definition) is 12. The lowest BCUT2D eigenvalue weighted by Crippen LogP contribution is -2.59. The number of alkyl carbamates (subject to hydrolysis) is 6. The molecule has 9 amide bonds. The lowest BCUT2D eigenvalue weighted by Gasteiger charge is -2.34. The lowest BCUT2D eigenvalue weighted by atomic mass is 9.86. The van der Waals surface area contributed by atoms with E-state index in [0.717, 1.165) is 62.6 Å². The van der Waals surface area contributed by atoms with Crippen LogP contribution in [0.4, 0.5) is 28.8 Å². The number of carbonyl (C=O) groups is 9. The van der Waals surface area contributed by atoms with Crippen LogP contribution < -0.4 is 67.8 Å². The molecule has 3 aromatic heterocycles. The van der Waals surface area contributed by atoms with Gasteiger partial charge in [0.15, 0.2) is 6.29 Å². The van der Waals surface area contributed by atoms with Crippen LogP contribution >= 0.6 is 0 Å². The van der Waals surface area contributed by atoms with Gasteiger partial charge in [-0.25, -0.2) is 73.2 Å². The Hall–Kier alpha value is -14.2. The fourth-order valence-electron chi connectivity index (χ4n) is 15.0. The van der Waals surface area contributed by atoms with E-state index in [1.807, 2.05) is 204 Å². The molecule has 3 fully saturated rings. The second kappa shape index (κ2) is 54.0. The second-order valence-electron chi connectivity index (χ2n) is 39.8. The Labute approximate surface area is 844 Å². The third-order valence-corrected chi connectivity index (χ3v) is 22.7. The van der Waals surface area contributed by atoms with E-state index in [-0.39, 0.29) is 69.6 Å². The zero-order valence-electron chi connectivity index (χ0n) is 86.1. The van der Waals surface area contributed by atoms with E-state index in [4.69, 9.17) is 52.1 Å². The summed E-state index contributed by atoms with van der Waals surface area (Å²) in [6, 6.07) is 40.5. The number of ether oxygens (including phenoxy) is 12. The van der Waals surface area contributed by atoms with Crippen LogP contribution in [0.3, 0.4) is 0 Å². The molecule has 0 saturated carbocycles. The molecule has 788 valence electrons. The van der Waals surface area contributed by atoms with Gasteiger partial charge >= 0.3 is 36.6 Å². The van der Waals surface area contributed by atoms with Crippen molar-refractivity contribution in [1.29, 1.82) is 0 Å². The van der Waals surface area contributed by atoms with Crippen LogP contribution in [0.15, 0.2) is 184 Å². The number of epoxide rings is 1. The van der Waals surface area contributed by atoms with Crippen molar-refractivity contribution in [3.63, 3.8) is 0 Å². The number of aliphatic hydroxyl groups is 2. The largest absolute Gasteiger partial charge is 0.497 e. The molecule has 3 aliphatic rings. The Morgan fingerprint density at radius 3 is 1.09 bits per heavy atom. The van der Waals surface area contributed by atoms with Gasteiger partial charge in [-0.15, -0.1) is 0 Å². The minimum atomic E-state index is -1.21. The first-order valence-corrected chi connectivity index (χ1v) is 47.2. The second-order valence-corrected chi connectivity index (χ2v) is 39.8. The Morgan fingerprint density at radius 2 is 0.752 bits per heavy atom. The molecule has 44 nitrogen and oxygen atoms in total. The number of fused-ring (bicyclic) bond motifs is 1. The Morgan fingerprint density at radius 1 is 0.407 bits per heavy atom. The third-order valence-electron chi connectivity index (χ3n) is 22.7. The SMILES string of the molecule is COC(=O)NC(C(=O)NN(Cc1ccc(-n2cncn2)cc1)C[C@H](O)[C@H](Cc1ccc(OC)cc1)NC(=O)OC(C)(C)C)C(C)(C)C.COC(=O)NC(C(=O)NN(Cc1ccc(-n2cncn2)cc1)C[C@H](O)[C@H](Cc1ccc(OC)cc1)NC(=O)O[C@H]1CO[C@H]2OCC[C@H]21)C(C)(C)C.COC(=O)NC(C(=O)NNCc1ccc(-n2cncn2)cc1)C(C)(C)C.COc1ccc(C[C@H](NC(=O)OC(C)(C)C)[C@@H]2CO2)cc1. The Kier molecular flexibility index (Phi) is 42.6. The molecule has 12 atom stereocenters. The van der Waals surface area contributed by atoms with Crippen molar-refractivity contribution in [1.82, 2.24) is 108 Å². The molecule has 145 heavy (non-hydrogen) atoms. The molecule has 6 aromatic carbocycles. The van der Waals surface area contributed by atoms with E-state index >= 15 is 0 Å². The number of aromatic nitrogens is 9. The topological polar surface area (TPSA) is 527 Å². The van der Waals surface area contributed by atoms with Crippen molar-refractivity contribution in [2.24, 2.45) is 22.2 Å². The summed E-state index contributed by atoms with van der Waals surface area (Å²) < 4.78 is 67.8. The minimum absolute atomic E-state index is 0.0586. The van der Waals surface area contributed by atoms with Crippen molar-refractivity contribution in [2.75, 3.05) is 75.6 Å². The average Bonchev–Trinajstić information content (AvgIpc) is 1.69. The molecular formula is C101H141N21O23. The maximum atomic E-state index is 13.8. The normalized spacial score (nSPS) is 16.4. The van der Waals surface area contributed by atoms with E-state index in [1.165, 1.54) is 40.3 Å². The van der Waals surface area contributed by atoms with Gasteiger partial charge in [0.1, 0.15) is 96.7 Å². The standard InChI is InChI=1S/C35H47N7O9.C33H47N7O7.C17H24N6O3.C16H23NO4/c1-35(2,3)30(39-33(45)48-5)31(44)40-41(17-23-6-10-24(11-7-23)42-21-36-20-37-42)18-28(43)27(16-22-8-12-25(47-4)13-9-22)38-34(46)51-29-19-50-32-26(29)14-15-49-32;1-32(2,3)28(37-30(43)46-8)29(42)38-39(18-23-9-13-24(14-10-23)40-21-34-20-35-40)19-27(41)26(36-31(44)47-33(4,5)6)17-22-11-15-25(45-7)16-12-22;1-17(2,3)14(21-16(25)26-4)15(24)22-19-9-12-5-7-13(8-6-12)23-11-18-10-20-23;1-16(2,3)21-15(18)17-13(14-10-20-14)9-11-5-7-12(19-4)8-6-11/h6-13,20-21,26-30,32,43H,14-19H2,1-5H3,(H,38,46)(H,39,45)(H,40,44);9-16,20-21,26-28,41H,17-19H2,1-8H3,(H,36,44)(H,37,43)(H,38,42);5-8,10-11,14,19H,9H2,1-4H3,(H,21,25)(H,22,24);5-8,13-14H,9-10H2,1-4H3,(H,17,18)/t26-,27-,28-,29-,30?,32+;26-,27-,28?;;13-,14-/m00.0/s1. The number of nitrogens with zero attached hydrogens (tertiary/aromatic N) is 11. The van der Waals surface area contributed by atoms with E-state index in [9.17, 15) is 53.4 Å². The number of rotatable bonds is 38. The fourth-order valence-corrected chi connectivity index (χ4v) is 15.0. The lowest BCUT2D eigenvalue weighted by molar-refractivity contribution is -0.132. The summed E-state index contributed by atoms with van der Waals surface area (Å²) in [5.74, 6) is 0.713. The van der Waals surface area contributed by atoms with Gasteiger partial charge in [0, 0.05) is 32.7 Å². The molecule has 12 rings (SSSR count). The predicted molar refractivity (Wildman–Crippen MR) is 532 cm³/mol. The van der Waals surface area contributed by atoms with Crippen molar-refractivity contribution in [2.45, 2.75) is 227 Å². The minimum Gasteiger partial charge on any atom is -0.497 e. The van der Waals surface area contributed by atoms with Crippen molar-refractivity contribution < 1.29 is 110 Å². The van der Waals surface area contributed by atoms with Gasteiger partial charge in [-0.3, -0.25) is 30.7 Å². The highest BCUT2D eigenvalue weighted by atomic mass is 16.7. The van der Waals surface area contributed by atoms with Crippen molar-refractivity contribution in [3.8, 4) is 34.3 Å². The van der Waals surface area contributed by atoms with Crippen LogP contribution in [0.1, 0.15) is 144 Å². The smallest absolute Gasteiger partial charge is 0.407 e. The molecule has 0 aliphatic carbocycles. The van der Waals surface area contributed by atoms with Crippen LogP contribution in [0.25, 0.3) is 17.1 Å². The molecule has 44 heteroatoms. The van der Waals surface area contributed by atoms with Crippen LogP contribution in [-0.4, -0.2) is 273 Å². The molecule has 3 unspecified atom stereocenters. The first kappa shape index (κ1) is 114. The molecule has 0 bridgehead atoms. The van der Waals surface area contributed by atoms with Crippen molar-refractivity contribution in [3.05, 3.63) is 217 Å². The van der Waals surface area contributed by atoms with Gasteiger partial charge in [-0.1, -0.05) is 135 Å². The molecule has 0 spiro atoms. The van der Waals surface area contributed by atoms with Gasteiger partial charge in [0.25, 0.3) is 17.7 Å². The predicted octanol–water partition coefficient (Wildman–Crippen LogP) is 9.40. The number of hydrazine groups is 3. The number of hydrogen-bond acceptors (Lipinski definition) is 32. The molecule has 6 heterocycles. The van der Waals surface area contributed by atoms with Gasteiger partial charge in [-0.2, -0.15) is 15.3 Å². The van der Waals surface area contributed by atoms with Crippen LogP contribution in [-0.2, 0) is 95.9 Å². The molecule has 3 aliphatic heterocycles. The summed E-state index contributed by atoms with van der Waals surface area (Å²) in [5.41, 5.74) is 16.0. The van der Waals surface area contributed by atoms with Gasteiger partial charge < -0.3 is 99.0 Å². The van der Waals surface area contributed by atoms with Gasteiger partial charge in [-0.05, 0) is 190 Å². The molecule has 9 aromatic rings. The number of benzene rings is 6. The number of methoxy groups -OCH3 is 6. The maximum absolute atomic E-state index is 13.8. The summed E-state index contributed by atoms with van der Waals surface area (Å²) in [6.07, 6.45) is 3.89. The highest BCUT2D eigenvalue weighted by Crippen LogP contribution is 2.34.